The van der Waals surface area contributed by atoms with Crippen molar-refractivity contribution in [3.63, 3.8) is 0 Å². The molecule has 2 aliphatic heterocycles. The number of carbonyl (C=O) groups is 2. The normalized spacial score (nSPS) is 16.2. The fraction of sp³-hybridized carbons (Fsp3) is 0.391. The Morgan fingerprint density at radius 2 is 1.87 bits per heavy atom. The molecule has 0 spiro atoms. The van der Waals surface area contributed by atoms with Crippen LogP contribution in [0.5, 0.6) is 11.5 Å². The standard InChI is InChI=1S/C23H25BrN2O5/c24-18-7-5-16(6-8-18)21(27)17-9-12-26(13-10-17)11-2-14-29-23(28)25-19-3-1-4-20-22(19)31-15-30-20/h1,3-8,17H,2,9-15H2,(H,25,28). The maximum atomic E-state index is 12.7. The molecule has 0 saturated carbocycles. The van der Waals surface area contributed by atoms with Gasteiger partial charge in [0.2, 0.25) is 6.79 Å². The predicted molar refractivity (Wildman–Crippen MR) is 120 cm³/mol. The number of rotatable bonds is 7. The van der Waals surface area contributed by atoms with Gasteiger partial charge in [-0.15, -0.1) is 0 Å². The molecule has 0 radical (unpaired) electrons. The number of likely N-dealkylation sites (tertiary alicyclic amines) is 1. The lowest BCUT2D eigenvalue weighted by Gasteiger charge is -2.31. The highest BCUT2D eigenvalue weighted by atomic mass is 79.9. The number of Topliss-reactive ketones (excluding diaryl/α,β-unsaturated/α-hetero) is 1. The van der Waals surface area contributed by atoms with E-state index in [1.807, 2.05) is 24.3 Å². The Morgan fingerprint density at radius 3 is 2.65 bits per heavy atom. The number of para-hydroxylation sites is 1. The predicted octanol–water partition coefficient (Wildman–Crippen LogP) is 4.71. The summed E-state index contributed by atoms with van der Waals surface area (Å²) in [5, 5.41) is 2.70. The first kappa shape index (κ1) is 21.6. The second-order valence-corrected chi connectivity index (χ2v) is 8.56. The van der Waals surface area contributed by atoms with E-state index >= 15 is 0 Å². The van der Waals surface area contributed by atoms with Gasteiger partial charge in [0, 0.05) is 22.5 Å². The second-order valence-electron chi connectivity index (χ2n) is 7.64. The smallest absolute Gasteiger partial charge is 0.411 e. The number of ketones is 1. The summed E-state index contributed by atoms with van der Waals surface area (Å²) < 4.78 is 16.9. The first-order chi connectivity index (χ1) is 15.1. The van der Waals surface area contributed by atoms with Crippen LogP contribution in [0.3, 0.4) is 0 Å². The van der Waals surface area contributed by atoms with Crippen LogP contribution < -0.4 is 14.8 Å². The van der Waals surface area contributed by atoms with Gasteiger partial charge in [-0.25, -0.2) is 4.79 Å². The van der Waals surface area contributed by atoms with E-state index in [-0.39, 0.29) is 18.5 Å². The van der Waals surface area contributed by atoms with Crippen molar-refractivity contribution in [2.24, 2.45) is 5.92 Å². The number of anilines is 1. The summed E-state index contributed by atoms with van der Waals surface area (Å²) in [7, 11) is 0. The minimum Gasteiger partial charge on any atom is -0.454 e. The molecule has 0 aromatic heterocycles. The fourth-order valence-corrected chi connectivity index (χ4v) is 4.16. The number of benzene rings is 2. The maximum absolute atomic E-state index is 12.7. The van der Waals surface area contributed by atoms with Crippen molar-refractivity contribution in [3.05, 3.63) is 52.5 Å². The lowest BCUT2D eigenvalue weighted by atomic mass is 9.89. The van der Waals surface area contributed by atoms with Crippen molar-refractivity contribution < 1.29 is 23.8 Å². The van der Waals surface area contributed by atoms with E-state index in [0.29, 0.717) is 23.8 Å². The summed E-state index contributed by atoms with van der Waals surface area (Å²) in [6, 6.07) is 12.9. The molecule has 1 saturated heterocycles. The van der Waals surface area contributed by atoms with Gasteiger partial charge >= 0.3 is 6.09 Å². The molecular weight excluding hydrogens is 464 g/mol. The molecule has 0 atom stereocenters. The van der Waals surface area contributed by atoms with Gasteiger partial charge < -0.3 is 19.1 Å². The summed E-state index contributed by atoms with van der Waals surface area (Å²) in [4.78, 5) is 27.0. The van der Waals surface area contributed by atoms with Gasteiger partial charge in [-0.3, -0.25) is 10.1 Å². The minimum atomic E-state index is -0.511. The zero-order valence-electron chi connectivity index (χ0n) is 17.1. The quantitative estimate of drug-likeness (QED) is 0.449. The molecule has 0 bridgehead atoms. The summed E-state index contributed by atoms with van der Waals surface area (Å²) in [6.45, 7) is 3.08. The van der Waals surface area contributed by atoms with Crippen LogP contribution in [0.4, 0.5) is 10.5 Å². The molecule has 7 nitrogen and oxygen atoms in total. The van der Waals surface area contributed by atoms with E-state index in [9.17, 15) is 9.59 Å². The Labute approximate surface area is 189 Å². The molecule has 164 valence electrons. The number of hydrogen-bond acceptors (Lipinski definition) is 6. The third kappa shape index (κ3) is 5.57. The van der Waals surface area contributed by atoms with Gasteiger partial charge in [0.15, 0.2) is 17.3 Å². The topological polar surface area (TPSA) is 77.1 Å². The van der Waals surface area contributed by atoms with Crippen LogP contribution >= 0.6 is 15.9 Å². The molecule has 8 heteroatoms. The minimum absolute atomic E-state index is 0.0817. The van der Waals surface area contributed by atoms with Crippen molar-refractivity contribution in [1.29, 1.82) is 0 Å². The van der Waals surface area contributed by atoms with Crippen molar-refractivity contribution in [1.82, 2.24) is 4.90 Å². The molecule has 1 amide bonds. The molecule has 1 N–H and O–H groups in total. The average Bonchev–Trinajstić information content (AvgIpc) is 3.27. The van der Waals surface area contributed by atoms with Crippen LogP contribution in [-0.2, 0) is 4.74 Å². The van der Waals surface area contributed by atoms with Crippen molar-refractivity contribution >= 4 is 33.5 Å². The fourth-order valence-electron chi connectivity index (χ4n) is 3.90. The van der Waals surface area contributed by atoms with Gasteiger partial charge in [-0.05, 0) is 56.6 Å². The molecule has 0 aliphatic carbocycles. The molecule has 0 unspecified atom stereocenters. The molecule has 2 heterocycles. The highest BCUT2D eigenvalue weighted by molar-refractivity contribution is 9.10. The zero-order chi connectivity index (χ0) is 21.6. The summed E-state index contributed by atoms with van der Waals surface area (Å²) in [6.07, 6.45) is 1.95. The third-order valence-electron chi connectivity index (χ3n) is 5.57. The Morgan fingerprint density at radius 1 is 1.10 bits per heavy atom. The van der Waals surface area contributed by atoms with Gasteiger partial charge in [0.1, 0.15) is 0 Å². The molecule has 31 heavy (non-hydrogen) atoms. The monoisotopic (exact) mass is 488 g/mol. The Kier molecular flexibility index (Phi) is 7.09. The summed E-state index contributed by atoms with van der Waals surface area (Å²) in [5.74, 6) is 1.45. The second kappa shape index (κ2) is 10.2. The largest absolute Gasteiger partial charge is 0.454 e. The number of fused-ring (bicyclic) bond motifs is 1. The number of halogens is 1. The van der Waals surface area contributed by atoms with Crippen LogP contribution in [0.2, 0.25) is 0 Å². The van der Waals surface area contributed by atoms with Crippen LogP contribution in [0.1, 0.15) is 29.6 Å². The van der Waals surface area contributed by atoms with Gasteiger partial charge in [-0.2, -0.15) is 0 Å². The van der Waals surface area contributed by atoms with Crippen LogP contribution in [0.15, 0.2) is 46.9 Å². The van der Waals surface area contributed by atoms with Crippen LogP contribution in [0.25, 0.3) is 0 Å². The number of nitrogens with zero attached hydrogens (tertiary/aromatic N) is 1. The van der Waals surface area contributed by atoms with Gasteiger partial charge in [-0.1, -0.05) is 34.1 Å². The highest BCUT2D eigenvalue weighted by Gasteiger charge is 2.25. The Balaban J connectivity index is 1.14. The highest BCUT2D eigenvalue weighted by Crippen LogP contribution is 2.38. The number of ether oxygens (including phenoxy) is 3. The molecular formula is C23H25BrN2O5. The maximum Gasteiger partial charge on any atom is 0.411 e. The van der Waals surface area contributed by atoms with Crippen molar-refractivity contribution in [2.75, 3.05) is 38.4 Å². The molecule has 1 fully saturated rings. The van der Waals surface area contributed by atoms with E-state index < -0.39 is 6.09 Å². The van der Waals surface area contributed by atoms with Crippen LogP contribution in [-0.4, -0.2) is 49.8 Å². The molecule has 2 aliphatic rings. The number of amides is 1. The van der Waals surface area contributed by atoms with E-state index in [1.165, 1.54) is 0 Å². The average molecular weight is 489 g/mol. The molecule has 2 aromatic rings. The van der Waals surface area contributed by atoms with Gasteiger partial charge in [0.05, 0.1) is 12.3 Å². The number of piperidine rings is 1. The van der Waals surface area contributed by atoms with Crippen LogP contribution in [0, 0.1) is 5.92 Å². The van der Waals surface area contributed by atoms with Crippen molar-refractivity contribution in [2.45, 2.75) is 19.3 Å². The summed E-state index contributed by atoms with van der Waals surface area (Å²) in [5.41, 5.74) is 1.32. The van der Waals surface area contributed by atoms with E-state index in [1.54, 1.807) is 18.2 Å². The number of hydrogen-bond donors (Lipinski definition) is 1. The summed E-state index contributed by atoms with van der Waals surface area (Å²) >= 11 is 3.40. The lowest BCUT2D eigenvalue weighted by molar-refractivity contribution is 0.0830. The van der Waals surface area contributed by atoms with E-state index in [0.717, 1.165) is 48.9 Å². The lowest BCUT2D eigenvalue weighted by Crippen LogP contribution is -2.37. The first-order valence-electron chi connectivity index (χ1n) is 10.4. The Hall–Kier alpha value is -2.58. The zero-order valence-corrected chi connectivity index (χ0v) is 18.7. The SMILES string of the molecule is O=C(Nc1cccc2c1OCO2)OCCCN1CCC(C(=O)c2ccc(Br)cc2)CC1. The number of nitrogens with one attached hydrogen (secondary N) is 1. The third-order valence-corrected chi connectivity index (χ3v) is 6.10. The number of carbonyl (C=O) groups excluding carboxylic acids is 2. The molecule has 4 rings (SSSR count). The van der Waals surface area contributed by atoms with Gasteiger partial charge in [0.25, 0.3) is 0 Å². The molecule has 2 aromatic carbocycles. The van der Waals surface area contributed by atoms with E-state index in [4.69, 9.17) is 14.2 Å². The van der Waals surface area contributed by atoms with E-state index in [2.05, 4.69) is 26.1 Å². The first-order valence-corrected chi connectivity index (χ1v) is 11.2. The Bertz CT molecular complexity index is 926. The van der Waals surface area contributed by atoms with Crippen molar-refractivity contribution in [3.8, 4) is 11.5 Å².